The Kier molecular flexibility index (Phi) is 4.29. The summed E-state index contributed by atoms with van der Waals surface area (Å²) in [6, 6.07) is 1.89. The number of hydrogen-bond donors (Lipinski definition) is 1. The zero-order chi connectivity index (χ0) is 11.4. The largest absolute Gasteiger partial charge is 0.477 e. The van der Waals surface area contributed by atoms with Crippen molar-refractivity contribution >= 4 is 17.3 Å². The number of nitrogens with zero attached hydrogens (tertiary/aromatic N) is 1. The van der Waals surface area contributed by atoms with Crippen LogP contribution in [0.1, 0.15) is 29.1 Å². The molecule has 0 atom stereocenters. The number of carbonyl (C=O) groups is 1. The van der Waals surface area contributed by atoms with Gasteiger partial charge in [0.2, 0.25) is 0 Å². The maximum absolute atomic E-state index is 10.9. The van der Waals surface area contributed by atoms with Crippen LogP contribution >= 0.6 is 11.3 Å². The summed E-state index contributed by atoms with van der Waals surface area (Å²) in [4.78, 5) is 13.5. The lowest BCUT2D eigenvalue weighted by Gasteiger charge is -2.18. The standard InChI is InChI=1S/C11H17NO2S/c1-8(2)6-12(3)7-9-4-5-15-10(9)11(13)14/h4-5,8H,6-7H2,1-3H3,(H,13,14). The smallest absolute Gasteiger partial charge is 0.346 e. The Morgan fingerprint density at radius 2 is 2.27 bits per heavy atom. The number of carboxylic acid groups (broad SMARTS) is 1. The summed E-state index contributed by atoms with van der Waals surface area (Å²) < 4.78 is 0. The van der Waals surface area contributed by atoms with Crippen molar-refractivity contribution in [1.82, 2.24) is 4.90 Å². The van der Waals surface area contributed by atoms with E-state index in [0.29, 0.717) is 17.3 Å². The van der Waals surface area contributed by atoms with E-state index in [9.17, 15) is 4.79 Å². The van der Waals surface area contributed by atoms with Gasteiger partial charge in [0, 0.05) is 13.1 Å². The van der Waals surface area contributed by atoms with Crippen LogP contribution in [0.3, 0.4) is 0 Å². The van der Waals surface area contributed by atoms with Crippen LogP contribution in [0.5, 0.6) is 0 Å². The highest BCUT2D eigenvalue weighted by Crippen LogP contribution is 2.18. The minimum atomic E-state index is -0.821. The second kappa shape index (κ2) is 5.28. The molecule has 0 radical (unpaired) electrons. The maximum Gasteiger partial charge on any atom is 0.346 e. The third kappa shape index (κ3) is 3.64. The van der Waals surface area contributed by atoms with Crippen LogP contribution < -0.4 is 0 Å². The van der Waals surface area contributed by atoms with Gasteiger partial charge in [0.1, 0.15) is 4.88 Å². The fraction of sp³-hybridized carbons (Fsp3) is 0.545. The highest BCUT2D eigenvalue weighted by molar-refractivity contribution is 7.12. The van der Waals surface area contributed by atoms with Crippen molar-refractivity contribution in [3.05, 3.63) is 21.9 Å². The number of aromatic carboxylic acids is 1. The lowest BCUT2D eigenvalue weighted by Crippen LogP contribution is -2.23. The second-order valence-corrected chi connectivity index (χ2v) is 5.09. The molecule has 0 fully saturated rings. The Morgan fingerprint density at radius 1 is 1.60 bits per heavy atom. The first kappa shape index (κ1) is 12.2. The molecule has 0 aliphatic rings. The third-order valence-electron chi connectivity index (χ3n) is 2.06. The molecule has 0 aliphatic heterocycles. The Labute approximate surface area is 94.3 Å². The third-order valence-corrected chi connectivity index (χ3v) is 3.00. The lowest BCUT2D eigenvalue weighted by atomic mass is 10.2. The zero-order valence-electron chi connectivity index (χ0n) is 9.36. The topological polar surface area (TPSA) is 40.5 Å². The molecule has 0 aromatic carbocycles. The molecular formula is C11H17NO2S. The SMILES string of the molecule is CC(C)CN(C)Cc1ccsc1C(=O)O. The van der Waals surface area contributed by atoms with Gasteiger partial charge in [0.25, 0.3) is 0 Å². The first-order valence-corrected chi connectivity index (χ1v) is 5.87. The van der Waals surface area contributed by atoms with E-state index < -0.39 is 5.97 Å². The molecule has 0 saturated carbocycles. The fourth-order valence-corrected chi connectivity index (χ4v) is 2.38. The minimum Gasteiger partial charge on any atom is -0.477 e. The van der Waals surface area contributed by atoms with E-state index in [0.717, 1.165) is 12.1 Å². The van der Waals surface area contributed by atoms with E-state index in [1.165, 1.54) is 11.3 Å². The van der Waals surface area contributed by atoms with Gasteiger partial charge in [-0.3, -0.25) is 0 Å². The first-order valence-electron chi connectivity index (χ1n) is 4.99. The highest BCUT2D eigenvalue weighted by atomic mass is 32.1. The Bertz CT molecular complexity index is 333. The summed E-state index contributed by atoms with van der Waals surface area (Å²) in [7, 11) is 2.02. The molecule has 0 saturated heterocycles. The van der Waals surface area contributed by atoms with Crippen LogP contribution in [0.4, 0.5) is 0 Å². The summed E-state index contributed by atoms with van der Waals surface area (Å²) in [6.07, 6.45) is 0. The molecule has 1 N–H and O–H groups in total. The van der Waals surface area contributed by atoms with Crippen LogP contribution in [-0.4, -0.2) is 29.6 Å². The van der Waals surface area contributed by atoms with Crippen molar-refractivity contribution in [3.63, 3.8) is 0 Å². The summed E-state index contributed by atoms with van der Waals surface area (Å²) in [5.74, 6) is -0.222. The molecule has 15 heavy (non-hydrogen) atoms. The Hall–Kier alpha value is -0.870. The van der Waals surface area contributed by atoms with E-state index in [-0.39, 0.29) is 0 Å². The van der Waals surface area contributed by atoms with Gasteiger partial charge < -0.3 is 10.0 Å². The summed E-state index contributed by atoms with van der Waals surface area (Å²) >= 11 is 1.29. The first-order chi connectivity index (χ1) is 7.00. The molecule has 0 unspecified atom stereocenters. The van der Waals surface area contributed by atoms with Crippen LogP contribution in [0.2, 0.25) is 0 Å². The van der Waals surface area contributed by atoms with Crippen LogP contribution in [-0.2, 0) is 6.54 Å². The molecule has 0 spiro atoms. The van der Waals surface area contributed by atoms with Crippen molar-refractivity contribution < 1.29 is 9.90 Å². The van der Waals surface area contributed by atoms with Gasteiger partial charge in [-0.2, -0.15) is 0 Å². The lowest BCUT2D eigenvalue weighted by molar-refractivity contribution is 0.0700. The average Bonchev–Trinajstić information content (AvgIpc) is 2.50. The average molecular weight is 227 g/mol. The van der Waals surface area contributed by atoms with Gasteiger partial charge in [-0.05, 0) is 30.0 Å². The van der Waals surface area contributed by atoms with E-state index >= 15 is 0 Å². The quantitative estimate of drug-likeness (QED) is 0.840. The summed E-state index contributed by atoms with van der Waals surface area (Å²) in [5, 5.41) is 10.8. The molecule has 3 nitrogen and oxygen atoms in total. The molecule has 1 aromatic rings. The number of carboxylic acids is 1. The van der Waals surface area contributed by atoms with E-state index in [4.69, 9.17) is 5.11 Å². The predicted molar refractivity (Wildman–Crippen MR) is 62.5 cm³/mol. The Morgan fingerprint density at radius 3 is 2.80 bits per heavy atom. The zero-order valence-corrected chi connectivity index (χ0v) is 10.2. The van der Waals surface area contributed by atoms with Crippen molar-refractivity contribution in [2.24, 2.45) is 5.92 Å². The van der Waals surface area contributed by atoms with Crippen molar-refractivity contribution in [2.45, 2.75) is 20.4 Å². The van der Waals surface area contributed by atoms with Crippen LogP contribution in [0.25, 0.3) is 0 Å². The molecule has 0 amide bonds. The van der Waals surface area contributed by atoms with E-state index in [1.807, 2.05) is 18.5 Å². The van der Waals surface area contributed by atoms with Gasteiger partial charge in [-0.15, -0.1) is 11.3 Å². The molecule has 4 heteroatoms. The molecule has 84 valence electrons. The summed E-state index contributed by atoms with van der Waals surface area (Å²) in [5.41, 5.74) is 0.913. The van der Waals surface area contributed by atoms with E-state index in [1.54, 1.807) is 0 Å². The number of thiophene rings is 1. The van der Waals surface area contributed by atoms with Crippen molar-refractivity contribution in [2.75, 3.05) is 13.6 Å². The van der Waals surface area contributed by atoms with Gasteiger partial charge in [-0.25, -0.2) is 4.79 Å². The Balaban J connectivity index is 2.64. The van der Waals surface area contributed by atoms with Crippen molar-refractivity contribution in [3.8, 4) is 0 Å². The molecule has 1 heterocycles. The molecule has 1 aromatic heterocycles. The molecule has 0 bridgehead atoms. The normalized spacial score (nSPS) is 11.3. The number of hydrogen-bond acceptors (Lipinski definition) is 3. The number of rotatable bonds is 5. The molecular weight excluding hydrogens is 210 g/mol. The van der Waals surface area contributed by atoms with Crippen molar-refractivity contribution in [1.29, 1.82) is 0 Å². The second-order valence-electron chi connectivity index (χ2n) is 4.17. The monoisotopic (exact) mass is 227 g/mol. The fourth-order valence-electron chi connectivity index (χ4n) is 1.63. The maximum atomic E-state index is 10.9. The minimum absolute atomic E-state index is 0.464. The highest BCUT2D eigenvalue weighted by Gasteiger charge is 2.13. The van der Waals surface area contributed by atoms with Gasteiger partial charge in [0.05, 0.1) is 0 Å². The van der Waals surface area contributed by atoms with Crippen LogP contribution in [0, 0.1) is 5.92 Å². The van der Waals surface area contributed by atoms with Gasteiger partial charge >= 0.3 is 5.97 Å². The molecule has 0 aliphatic carbocycles. The van der Waals surface area contributed by atoms with E-state index in [2.05, 4.69) is 18.7 Å². The van der Waals surface area contributed by atoms with Gasteiger partial charge in [0.15, 0.2) is 0 Å². The van der Waals surface area contributed by atoms with Crippen LogP contribution in [0.15, 0.2) is 11.4 Å². The predicted octanol–water partition coefficient (Wildman–Crippen LogP) is 2.53. The van der Waals surface area contributed by atoms with Gasteiger partial charge in [-0.1, -0.05) is 13.8 Å². The molecule has 1 rings (SSSR count). The summed E-state index contributed by atoms with van der Waals surface area (Å²) in [6.45, 7) is 6.00.